The lowest BCUT2D eigenvalue weighted by Gasteiger charge is -2.21. The molecule has 1 N–H and O–H groups in total. The Morgan fingerprint density at radius 1 is 1.46 bits per heavy atom. The molecule has 1 aliphatic rings. The van der Waals surface area contributed by atoms with Gasteiger partial charge in [-0.1, -0.05) is 12.1 Å². The largest absolute Gasteiger partial charge is 0.469 e. The van der Waals surface area contributed by atoms with E-state index < -0.39 is 0 Å². The number of carbonyl (C=O) groups is 1. The summed E-state index contributed by atoms with van der Waals surface area (Å²) < 4.78 is 10.1. The van der Waals surface area contributed by atoms with Crippen molar-refractivity contribution in [2.75, 3.05) is 33.8 Å². The first-order valence-corrected chi connectivity index (χ1v) is 8.43. The first-order valence-electron chi connectivity index (χ1n) is 8.43. The Kier molecular flexibility index (Phi) is 6.23. The highest BCUT2D eigenvalue weighted by molar-refractivity contribution is 5.82. The Labute approximate surface area is 143 Å². The van der Waals surface area contributed by atoms with Gasteiger partial charge in [-0.05, 0) is 32.6 Å². The standard InChI is InChI=1S/C17H28N4O3/c1-11-9-21(10-15(11)16(22)23-5)17(18-4)19-8-6-7-14-12(2)20-24-13(14)3/h11,15H,6-10H2,1-5H3,(H,18,19). The maximum absolute atomic E-state index is 11.8. The molecule has 1 fully saturated rings. The normalized spacial score (nSPS) is 21.2. The van der Waals surface area contributed by atoms with Crippen molar-refractivity contribution in [3.8, 4) is 0 Å². The molecule has 1 aromatic rings. The van der Waals surface area contributed by atoms with Crippen molar-refractivity contribution in [2.24, 2.45) is 16.8 Å². The maximum Gasteiger partial charge on any atom is 0.310 e. The van der Waals surface area contributed by atoms with Crippen LogP contribution in [-0.2, 0) is 16.0 Å². The number of esters is 1. The molecule has 134 valence electrons. The third kappa shape index (κ3) is 4.07. The van der Waals surface area contributed by atoms with Gasteiger partial charge in [0.2, 0.25) is 0 Å². The molecule has 7 heteroatoms. The van der Waals surface area contributed by atoms with Crippen LogP contribution in [0.1, 0.15) is 30.4 Å². The van der Waals surface area contributed by atoms with Crippen LogP contribution in [0, 0.1) is 25.7 Å². The number of likely N-dealkylation sites (tertiary alicyclic amines) is 1. The van der Waals surface area contributed by atoms with Crippen molar-refractivity contribution in [2.45, 2.75) is 33.6 Å². The van der Waals surface area contributed by atoms with Gasteiger partial charge in [0.15, 0.2) is 5.96 Å². The van der Waals surface area contributed by atoms with E-state index in [2.05, 4.69) is 27.3 Å². The summed E-state index contributed by atoms with van der Waals surface area (Å²) in [6.07, 6.45) is 1.89. The zero-order valence-electron chi connectivity index (χ0n) is 15.3. The van der Waals surface area contributed by atoms with Crippen molar-refractivity contribution in [1.82, 2.24) is 15.4 Å². The molecule has 0 aliphatic carbocycles. The molecule has 0 saturated carbocycles. The molecule has 7 nitrogen and oxygen atoms in total. The summed E-state index contributed by atoms with van der Waals surface area (Å²) in [7, 11) is 3.21. The van der Waals surface area contributed by atoms with E-state index in [0.717, 1.165) is 43.3 Å². The molecule has 0 amide bonds. The van der Waals surface area contributed by atoms with Crippen LogP contribution in [0.15, 0.2) is 9.52 Å². The molecule has 1 saturated heterocycles. The molecule has 0 aromatic carbocycles. The molecule has 0 radical (unpaired) electrons. The predicted molar refractivity (Wildman–Crippen MR) is 91.9 cm³/mol. The Hall–Kier alpha value is -2.05. The van der Waals surface area contributed by atoms with Crippen molar-refractivity contribution in [3.63, 3.8) is 0 Å². The highest BCUT2D eigenvalue weighted by Gasteiger charge is 2.36. The lowest BCUT2D eigenvalue weighted by Crippen LogP contribution is -2.41. The second-order valence-corrected chi connectivity index (χ2v) is 6.39. The minimum atomic E-state index is -0.140. The second kappa shape index (κ2) is 8.17. The quantitative estimate of drug-likeness (QED) is 0.380. The van der Waals surface area contributed by atoms with Crippen molar-refractivity contribution >= 4 is 11.9 Å². The minimum Gasteiger partial charge on any atom is -0.469 e. The topological polar surface area (TPSA) is 80.0 Å². The Morgan fingerprint density at radius 2 is 2.21 bits per heavy atom. The van der Waals surface area contributed by atoms with Gasteiger partial charge in [-0.15, -0.1) is 0 Å². The van der Waals surface area contributed by atoms with E-state index in [1.54, 1.807) is 7.05 Å². The van der Waals surface area contributed by atoms with Crippen LogP contribution in [0.25, 0.3) is 0 Å². The van der Waals surface area contributed by atoms with E-state index in [-0.39, 0.29) is 17.8 Å². The number of nitrogens with one attached hydrogen (secondary N) is 1. The van der Waals surface area contributed by atoms with Crippen LogP contribution in [0.4, 0.5) is 0 Å². The van der Waals surface area contributed by atoms with Gasteiger partial charge in [-0.2, -0.15) is 0 Å². The van der Waals surface area contributed by atoms with Gasteiger partial charge in [-0.3, -0.25) is 9.79 Å². The van der Waals surface area contributed by atoms with E-state index in [1.807, 2.05) is 13.8 Å². The monoisotopic (exact) mass is 336 g/mol. The molecule has 2 heterocycles. The lowest BCUT2D eigenvalue weighted by molar-refractivity contribution is -0.145. The molecule has 0 bridgehead atoms. The van der Waals surface area contributed by atoms with Crippen LogP contribution in [0.2, 0.25) is 0 Å². The molecular formula is C17H28N4O3. The Balaban J connectivity index is 1.82. The van der Waals surface area contributed by atoms with Crippen LogP contribution in [0.3, 0.4) is 0 Å². The number of guanidine groups is 1. The summed E-state index contributed by atoms with van der Waals surface area (Å²) >= 11 is 0. The maximum atomic E-state index is 11.8. The number of aryl methyl sites for hydroxylation is 2. The van der Waals surface area contributed by atoms with E-state index in [4.69, 9.17) is 9.26 Å². The fourth-order valence-electron chi connectivity index (χ4n) is 3.25. The van der Waals surface area contributed by atoms with Gasteiger partial charge in [0.05, 0.1) is 18.7 Å². The second-order valence-electron chi connectivity index (χ2n) is 6.39. The predicted octanol–water partition coefficient (Wildman–Crippen LogP) is 1.54. The SMILES string of the molecule is CN=C(NCCCc1c(C)noc1C)N1CC(C)C(C(=O)OC)C1. The molecule has 0 spiro atoms. The first-order chi connectivity index (χ1) is 11.5. The number of hydrogen-bond acceptors (Lipinski definition) is 5. The zero-order valence-corrected chi connectivity index (χ0v) is 15.3. The average Bonchev–Trinajstić information content (AvgIpc) is 3.10. The average molecular weight is 336 g/mol. The van der Waals surface area contributed by atoms with E-state index >= 15 is 0 Å². The summed E-state index contributed by atoms with van der Waals surface area (Å²) in [5, 5.41) is 7.36. The Morgan fingerprint density at radius 3 is 2.79 bits per heavy atom. The highest BCUT2D eigenvalue weighted by atomic mass is 16.5. The van der Waals surface area contributed by atoms with Crippen LogP contribution in [-0.4, -0.2) is 55.8 Å². The number of nitrogens with zero attached hydrogens (tertiary/aromatic N) is 3. The molecule has 24 heavy (non-hydrogen) atoms. The molecule has 2 atom stereocenters. The number of methoxy groups -OCH3 is 1. The number of hydrogen-bond donors (Lipinski definition) is 1. The van der Waals surface area contributed by atoms with Gasteiger partial charge in [0.1, 0.15) is 5.76 Å². The number of ether oxygens (including phenoxy) is 1. The number of aromatic nitrogens is 1. The van der Waals surface area contributed by atoms with Crippen molar-refractivity contribution in [3.05, 3.63) is 17.0 Å². The molecular weight excluding hydrogens is 308 g/mol. The van der Waals surface area contributed by atoms with Crippen LogP contribution >= 0.6 is 0 Å². The zero-order chi connectivity index (χ0) is 17.7. The minimum absolute atomic E-state index is 0.0872. The van der Waals surface area contributed by atoms with Crippen LogP contribution < -0.4 is 5.32 Å². The number of aliphatic imine (C=N–C) groups is 1. The molecule has 1 aromatic heterocycles. The highest BCUT2D eigenvalue weighted by Crippen LogP contribution is 2.24. The van der Waals surface area contributed by atoms with Gasteiger partial charge in [-0.25, -0.2) is 0 Å². The van der Waals surface area contributed by atoms with Gasteiger partial charge >= 0.3 is 5.97 Å². The van der Waals surface area contributed by atoms with Crippen molar-refractivity contribution < 1.29 is 14.1 Å². The summed E-state index contributed by atoms with van der Waals surface area (Å²) in [6, 6.07) is 0. The van der Waals surface area contributed by atoms with Gasteiger partial charge < -0.3 is 19.5 Å². The van der Waals surface area contributed by atoms with E-state index in [9.17, 15) is 4.79 Å². The fourth-order valence-corrected chi connectivity index (χ4v) is 3.25. The summed E-state index contributed by atoms with van der Waals surface area (Å²) in [5.74, 6) is 1.77. The molecule has 2 unspecified atom stereocenters. The summed E-state index contributed by atoms with van der Waals surface area (Å²) in [5.41, 5.74) is 2.15. The lowest BCUT2D eigenvalue weighted by atomic mass is 9.99. The van der Waals surface area contributed by atoms with E-state index in [0.29, 0.717) is 6.54 Å². The number of carbonyl (C=O) groups excluding carboxylic acids is 1. The fraction of sp³-hybridized carbons (Fsp3) is 0.706. The smallest absolute Gasteiger partial charge is 0.310 e. The Bertz CT molecular complexity index is 577. The van der Waals surface area contributed by atoms with Crippen LogP contribution in [0.5, 0.6) is 0 Å². The van der Waals surface area contributed by atoms with E-state index in [1.165, 1.54) is 12.7 Å². The summed E-state index contributed by atoms with van der Waals surface area (Å²) in [6.45, 7) is 8.26. The van der Waals surface area contributed by atoms with Gasteiger partial charge in [0, 0.05) is 32.2 Å². The van der Waals surface area contributed by atoms with Crippen molar-refractivity contribution in [1.29, 1.82) is 0 Å². The first kappa shape index (κ1) is 18.3. The number of rotatable bonds is 5. The third-order valence-corrected chi connectivity index (χ3v) is 4.70. The van der Waals surface area contributed by atoms with Gasteiger partial charge in [0.25, 0.3) is 0 Å². The summed E-state index contributed by atoms with van der Waals surface area (Å²) in [4.78, 5) is 18.3. The molecule has 1 aliphatic heterocycles. The molecule has 2 rings (SSSR count). The third-order valence-electron chi connectivity index (χ3n) is 4.70.